The Kier molecular flexibility index (Phi) is 10.1. The SMILES string of the molecule is CO[C@@H](c1ccccc1/C(=C1\N=C(C(=O)OCc2ccccc2)C(C)=C1C)c1[nH]c(C(=O)OCc2ccccc2)c(C)c1C)C(F)(F)F. The summed E-state index contributed by atoms with van der Waals surface area (Å²) in [6.07, 6.45) is -7.00. The van der Waals surface area contributed by atoms with Gasteiger partial charge in [-0.2, -0.15) is 13.2 Å². The highest BCUT2D eigenvalue weighted by Gasteiger charge is 2.43. The van der Waals surface area contributed by atoms with Gasteiger partial charge in [-0.25, -0.2) is 14.6 Å². The number of hydrogen-bond donors (Lipinski definition) is 1. The fourth-order valence-electron chi connectivity index (χ4n) is 5.58. The Morgan fingerprint density at radius 3 is 1.81 bits per heavy atom. The molecule has 0 saturated heterocycles. The topological polar surface area (TPSA) is 90.0 Å². The van der Waals surface area contributed by atoms with Crippen LogP contribution in [0.1, 0.15) is 69.5 Å². The number of carbonyl (C=O) groups excluding carboxylic acids is 2. The fourth-order valence-corrected chi connectivity index (χ4v) is 5.58. The lowest BCUT2D eigenvalue weighted by Gasteiger charge is -2.23. The minimum atomic E-state index is -4.74. The normalized spacial score (nSPS) is 14.9. The maximum atomic E-state index is 14.3. The molecule has 0 aliphatic carbocycles. The zero-order valence-corrected chi connectivity index (χ0v) is 27.2. The second-order valence-corrected chi connectivity index (χ2v) is 11.4. The van der Waals surface area contributed by atoms with Crippen LogP contribution in [0, 0.1) is 13.8 Å². The molecule has 7 nitrogen and oxygen atoms in total. The monoisotopic (exact) mass is 656 g/mol. The van der Waals surface area contributed by atoms with Crippen molar-refractivity contribution < 1.29 is 37.0 Å². The second-order valence-electron chi connectivity index (χ2n) is 11.4. The molecule has 0 spiro atoms. The summed E-state index contributed by atoms with van der Waals surface area (Å²) in [6.45, 7) is 6.99. The number of hydrogen-bond acceptors (Lipinski definition) is 6. The summed E-state index contributed by atoms with van der Waals surface area (Å²) in [4.78, 5) is 34.5. The van der Waals surface area contributed by atoms with E-state index in [0.29, 0.717) is 28.0 Å². The van der Waals surface area contributed by atoms with Crippen LogP contribution in [0.2, 0.25) is 0 Å². The van der Waals surface area contributed by atoms with E-state index in [4.69, 9.17) is 19.2 Å². The molecule has 48 heavy (non-hydrogen) atoms. The van der Waals surface area contributed by atoms with Crippen molar-refractivity contribution in [3.05, 3.63) is 147 Å². The maximum absolute atomic E-state index is 14.3. The molecule has 4 aromatic rings. The third kappa shape index (κ3) is 7.03. The summed E-state index contributed by atoms with van der Waals surface area (Å²) < 4.78 is 59.1. The first-order valence-corrected chi connectivity index (χ1v) is 15.2. The van der Waals surface area contributed by atoms with E-state index < -0.39 is 24.2 Å². The largest absolute Gasteiger partial charge is 0.456 e. The lowest BCUT2D eigenvalue weighted by Crippen LogP contribution is -2.23. The van der Waals surface area contributed by atoms with E-state index in [1.54, 1.807) is 39.8 Å². The van der Waals surface area contributed by atoms with Gasteiger partial charge < -0.3 is 19.2 Å². The minimum absolute atomic E-state index is 0.0181. The van der Waals surface area contributed by atoms with Crippen LogP contribution in [0.25, 0.3) is 5.57 Å². The number of nitrogens with zero attached hydrogens (tertiary/aromatic N) is 1. The predicted molar refractivity (Wildman–Crippen MR) is 176 cm³/mol. The average Bonchev–Trinajstić information content (AvgIpc) is 3.54. The highest BCUT2D eigenvalue weighted by atomic mass is 19.4. The van der Waals surface area contributed by atoms with Crippen molar-refractivity contribution in [3.63, 3.8) is 0 Å². The Labute approximate surface area is 276 Å². The average molecular weight is 657 g/mol. The second kappa shape index (κ2) is 14.3. The van der Waals surface area contributed by atoms with Crippen molar-refractivity contribution in [2.45, 2.75) is 53.2 Å². The molecule has 1 atom stereocenters. The van der Waals surface area contributed by atoms with Crippen molar-refractivity contribution >= 4 is 23.2 Å². The number of carbonyl (C=O) groups is 2. The Morgan fingerprint density at radius 2 is 1.25 bits per heavy atom. The number of H-pyrrole nitrogens is 1. The molecule has 5 rings (SSSR count). The number of aromatic nitrogens is 1. The molecule has 10 heteroatoms. The van der Waals surface area contributed by atoms with Gasteiger partial charge in [-0.15, -0.1) is 0 Å². The van der Waals surface area contributed by atoms with Gasteiger partial charge in [0, 0.05) is 12.7 Å². The number of rotatable bonds is 10. The van der Waals surface area contributed by atoms with Gasteiger partial charge in [0.25, 0.3) is 0 Å². The number of esters is 2. The molecule has 0 radical (unpaired) electrons. The lowest BCUT2D eigenvalue weighted by molar-refractivity contribution is -0.216. The zero-order valence-electron chi connectivity index (χ0n) is 27.2. The molecular formula is C38H35F3N2O5. The third-order valence-corrected chi connectivity index (χ3v) is 8.41. The zero-order chi connectivity index (χ0) is 34.6. The van der Waals surface area contributed by atoms with Gasteiger partial charge in [-0.05, 0) is 72.2 Å². The first-order valence-electron chi connectivity index (χ1n) is 15.2. The van der Waals surface area contributed by atoms with Crippen LogP contribution >= 0.6 is 0 Å². The van der Waals surface area contributed by atoms with Gasteiger partial charge in [-0.3, -0.25) is 0 Å². The quantitative estimate of drug-likeness (QED) is 0.173. The van der Waals surface area contributed by atoms with E-state index in [1.165, 1.54) is 12.1 Å². The predicted octanol–water partition coefficient (Wildman–Crippen LogP) is 8.53. The van der Waals surface area contributed by atoms with Crippen LogP contribution in [0.5, 0.6) is 0 Å². The maximum Gasteiger partial charge on any atom is 0.418 e. The van der Waals surface area contributed by atoms with E-state index in [1.807, 2.05) is 60.7 Å². The molecule has 1 aliphatic rings. The molecule has 248 valence electrons. The molecule has 0 amide bonds. The number of nitrogens with one attached hydrogen (secondary N) is 1. The van der Waals surface area contributed by atoms with Crippen LogP contribution in [0.15, 0.2) is 107 Å². The van der Waals surface area contributed by atoms with Crippen molar-refractivity contribution in [2.24, 2.45) is 4.99 Å². The van der Waals surface area contributed by atoms with Crippen LogP contribution in [-0.2, 0) is 32.2 Å². The summed E-state index contributed by atoms with van der Waals surface area (Å²) in [5.74, 6) is -1.30. The Morgan fingerprint density at radius 1 is 0.729 bits per heavy atom. The van der Waals surface area contributed by atoms with E-state index >= 15 is 0 Å². The molecule has 1 aliphatic heterocycles. The highest BCUT2D eigenvalue weighted by molar-refractivity contribution is 6.44. The molecule has 1 N–H and O–H groups in total. The highest BCUT2D eigenvalue weighted by Crippen LogP contribution is 2.44. The first kappa shape index (κ1) is 34.1. The smallest absolute Gasteiger partial charge is 0.418 e. The van der Waals surface area contributed by atoms with Crippen LogP contribution in [-0.4, -0.2) is 35.9 Å². The number of benzene rings is 3. The molecule has 0 saturated carbocycles. The van der Waals surface area contributed by atoms with Gasteiger partial charge in [0.1, 0.15) is 18.9 Å². The van der Waals surface area contributed by atoms with Gasteiger partial charge in [0.2, 0.25) is 0 Å². The minimum Gasteiger partial charge on any atom is -0.456 e. The number of allylic oxidation sites excluding steroid dienone is 1. The lowest BCUT2D eigenvalue weighted by atomic mass is 9.89. The summed E-state index contributed by atoms with van der Waals surface area (Å²) >= 11 is 0. The number of alkyl halides is 3. The standard InChI is InChI=1S/C38H35F3N2O5/c1-22-24(3)33(36(44)47-20-26-14-8-6-9-15-26)42-31(22)30(28-18-12-13-19-29(28)35(46-5)38(39,40)41)32-23(2)25(4)34(43-32)37(45)48-21-27-16-10-7-11-17-27/h6-19,35,42H,20-21H2,1-5H3/b32-30+/t35-/m0/s1. The summed E-state index contributed by atoms with van der Waals surface area (Å²) in [5, 5.41) is 0. The molecule has 2 heterocycles. The number of methoxy groups -OCH3 is 1. The first-order chi connectivity index (χ1) is 22.9. The van der Waals surface area contributed by atoms with Crippen molar-refractivity contribution in [1.82, 2.24) is 4.98 Å². The fraction of sp³-hybridized carbons (Fsp3) is 0.237. The van der Waals surface area contributed by atoms with E-state index in [0.717, 1.165) is 18.2 Å². The number of aliphatic imine (C=N–C) groups is 1. The molecule has 1 aromatic heterocycles. The van der Waals surface area contributed by atoms with E-state index in [9.17, 15) is 22.8 Å². The van der Waals surface area contributed by atoms with E-state index in [-0.39, 0.29) is 47.0 Å². The molecule has 0 bridgehead atoms. The summed E-state index contributed by atoms with van der Waals surface area (Å²) in [6, 6.07) is 24.3. The molecule has 3 aromatic carbocycles. The third-order valence-electron chi connectivity index (χ3n) is 8.41. The van der Waals surface area contributed by atoms with Gasteiger partial charge >= 0.3 is 18.1 Å². The Bertz CT molecular complexity index is 1920. The number of halogens is 3. The molecule has 0 fully saturated rings. The Balaban J connectivity index is 1.66. The summed E-state index contributed by atoms with van der Waals surface area (Å²) in [5.41, 5.74) is 4.89. The summed E-state index contributed by atoms with van der Waals surface area (Å²) in [7, 11) is 0.997. The van der Waals surface area contributed by atoms with Crippen molar-refractivity contribution in [1.29, 1.82) is 0 Å². The number of aromatic amines is 1. The number of ether oxygens (including phenoxy) is 3. The van der Waals surface area contributed by atoms with Crippen LogP contribution in [0.3, 0.4) is 0 Å². The Hall–Kier alpha value is -5.22. The van der Waals surface area contributed by atoms with Crippen LogP contribution in [0.4, 0.5) is 13.2 Å². The molecule has 0 unspecified atom stereocenters. The van der Waals surface area contributed by atoms with Crippen molar-refractivity contribution in [2.75, 3.05) is 7.11 Å². The van der Waals surface area contributed by atoms with E-state index in [2.05, 4.69) is 4.98 Å². The van der Waals surface area contributed by atoms with Crippen molar-refractivity contribution in [3.8, 4) is 0 Å². The van der Waals surface area contributed by atoms with Gasteiger partial charge in [-0.1, -0.05) is 84.9 Å². The van der Waals surface area contributed by atoms with Crippen LogP contribution < -0.4 is 0 Å². The van der Waals surface area contributed by atoms with Gasteiger partial charge in [0.05, 0.1) is 11.4 Å². The molecular weight excluding hydrogens is 621 g/mol. The van der Waals surface area contributed by atoms with Gasteiger partial charge in [0.15, 0.2) is 11.8 Å².